The van der Waals surface area contributed by atoms with Crippen LogP contribution in [0.15, 0.2) is 24.3 Å². The highest BCUT2D eigenvalue weighted by Crippen LogP contribution is 2.34. The molecular formula is C18H26N2O3. The second-order valence-electron chi connectivity index (χ2n) is 6.99. The molecule has 126 valence electrons. The van der Waals surface area contributed by atoms with Gasteiger partial charge in [-0.2, -0.15) is 0 Å². The summed E-state index contributed by atoms with van der Waals surface area (Å²) >= 11 is 0. The maximum absolute atomic E-state index is 12.7. The van der Waals surface area contributed by atoms with Crippen molar-refractivity contribution in [2.24, 2.45) is 5.41 Å². The van der Waals surface area contributed by atoms with Gasteiger partial charge in [0.1, 0.15) is 0 Å². The van der Waals surface area contributed by atoms with Crippen LogP contribution in [0.5, 0.6) is 0 Å². The average Bonchev–Trinajstić information content (AvgIpc) is 2.55. The first-order valence-electron chi connectivity index (χ1n) is 8.44. The Balaban J connectivity index is 1.72. The van der Waals surface area contributed by atoms with E-state index in [1.165, 1.54) is 11.1 Å². The molecule has 1 aliphatic heterocycles. The number of aryl methyl sites for hydroxylation is 1. The Bertz CT molecular complexity index is 557. The number of ether oxygens (including phenoxy) is 1. The molecule has 5 nitrogen and oxygen atoms in total. The fourth-order valence-corrected chi connectivity index (χ4v) is 3.50. The predicted molar refractivity (Wildman–Crippen MR) is 88.2 cm³/mol. The lowest BCUT2D eigenvalue weighted by atomic mass is 9.86. The van der Waals surface area contributed by atoms with Crippen LogP contribution in [-0.2, 0) is 11.2 Å². The molecule has 1 aliphatic carbocycles. The van der Waals surface area contributed by atoms with Crippen LogP contribution in [0.2, 0.25) is 0 Å². The van der Waals surface area contributed by atoms with Gasteiger partial charge >= 0.3 is 6.03 Å². The first-order chi connectivity index (χ1) is 11.1. The number of carbonyl (C=O) groups excluding carboxylic acids is 1. The maximum Gasteiger partial charge on any atom is 0.318 e. The minimum Gasteiger partial charge on any atom is -0.395 e. The normalized spacial score (nSPS) is 21.9. The Kier molecular flexibility index (Phi) is 4.87. The van der Waals surface area contributed by atoms with Crippen molar-refractivity contribution in [1.29, 1.82) is 0 Å². The summed E-state index contributed by atoms with van der Waals surface area (Å²) in [5.74, 6) is 0. The second kappa shape index (κ2) is 6.89. The van der Waals surface area contributed by atoms with Crippen LogP contribution in [0.25, 0.3) is 0 Å². The average molecular weight is 318 g/mol. The summed E-state index contributed by atoms with van der Waals surface area (Å²) in [5.41, 5.74) is 2.59. The molecule has 5 heteroatoms. The SMILES string of the molecule is CC1(CNC(=O)N(CCO)C2CCCc3ccccc32)COC1. The number of aliphatic hydroxyl groups excluding tert-OH is 1. The van der Waals surface area contributed by atoms with Gasteiger partial charge in [0.25, 0.3) is 0 Å². The van der Waals surface area contributed by atoms with E-state index < -0.39 is 0 Å². The van der Waals surface area contributed by atoms with Crippen molar-refractivity contribution in [2.75, 3.05) is 32.9 Å². The molecule has 23 heavy (non-hydrogen) atoms. The van der Waals surface area contributed by atoms with Gasteiger partial charge in [-0.1, -0.05) is 31.2 Å². The van der Waals surface area contributed by atoms with Crippen LogP contribution in [-0.4, -0.2) is 48.9 Å². The van der Waals surface area contributed by atoms with Crippen molar-refractivity contribution < 1.29 is 14.6 Å². The van der Waals surface area contributed by atoms with E-state index in [9.17, 15) is 9.90 Å². The summed E-state index contributed by atoms with van der Waals surface area (Å²) in [5, 5.41) is 12.4. The number of fused-ring (bicyclic) bond motifs is 1. The van der Waals surface area contributed by atoms with Gasteiger partial charge in [0.05, 0.1) is 25.9 Å². The van der Waals surface area contributed by atoms with E-state index in [-0.39, 0.29) is 24.1 Å². The van der Waals surface area contributed by atoms with E-state index in [0.29, 0.717) is 26.3 Å². The molecule has 2 N–H and O–H groups in total. The highest BCUT2D eigenvalue weighted by Gasteiger charge is 2.35. The van der Waals surface area contributed by atoms with Crippen molar-refractivity contribution in [1.82, 2.24) is 10.2 Å². The van der Waals surface area contributed by atoms with E-state index in [4.69, 9.17) is 4.74 Å². The third-order valence-electron chi connectivity index (χ3n) is 4.88. The Morgan fingerprint density at radius 1 is 1.43 bits per heavy atom. The summed E-state index contributed by atoms with van der Waals surface area (Å²) in [6.45, 7) is 4.45. The van der Waals surface area contributed by atoms with Crippen LogP contribution in [0, 0.1) is 5.41 Å². The van der Waals surface area contributed by atoms with Gasteiger partial charge in [0.15, 0.2) is 0 Å². The largest absolute Gasteiger partial charge is 0.395 e. The fourth-order valence-electron chi connectivity index (χ4n) is 3.50. The van der Waals surface area contributed by atoms with E-state index in [1.807, 2.05) is 6.07 Å². The zero-order chi connectivity index (χ0) is 16.3. The van der Waals surface area contributed by atoms with Gasteiger partial charge < -0.3 is 20.1 Å². The number of carbonyl (C=O) groups is 1. The third-order valence-corrected chi connectivity index (χ3v) is 4.88. The molecule has 0 radical (unpaired) electrons. The van der Waals surface area contributed by atoms with Gasteiger partial charge in [-0.25, -0.2) is 4.79 Å². The quantitative estimate of drug-likeness (QED) is 0.874. The van der Waals surface area contributed by atoms with Crippen molar-refractivity contribution in [3.05, 3.63) is 35.4 Å². The Morgan fingerprint density at radius 2 is 2.22 bits per heavy atom. The molecular weight excluding hydrogens is 292 g/mol. The summed E-state index contributed by atoms with van der Waals surface area (Å²) in [6.07, 6.45) is 3.09. The molecule has 2 aliphatic rings. The number of aliphatic hydroxyl groups is 1. The van der Waals surface area contributed by atoms with Gasteiger partial charge in [-0.05, 0) is 30.4 Å². The van der Waals surface area contributed by atoms with Crippen LogP contribution in [0.1, 0.15) is 36.9 Å². The van der Waals surface area contributed by atoms with Crippen molar-refractivity contribution in [3.8, 4) is 0 Å². The summed E-state index contributed by atoms with van der Waals surface area (Å²) in [6, 6.07) is 8.29. The fraction of sp³-hybridized carbons (Fsp3) is 0.611. The minimum absolute atomic E-state index is 0.0214. The first kappa shape index (κ1) is 16.3. The zero-order valence-corrected chi connectivity index (χ0v) is 13.8. The molecule has 0 aromatic heterocycles. The van der Waals surface area contributed by atoms with Gasteiger partial charge in [-0.3, -0.25) is 0 Å². The number of benzene rings is 1. The number of nitrogens with zero attached hydrogens (tertiary/aromatic N) is 1. The summed E-state index contributed by atoms with van der Waals surface area (Å²) in [7, 11) is 0. The lowest BCUT2D eigenvalue weighted by molar-refractivity contribution is -0.0979. The Labute approximate surface area is 137 Å². The molecule has 0 bridgehead atoms. The van der Waals surface area contributed by atoms with Crippen LogP contribution in [0.3, 0.4) is 0 Å². The highest BCUT2D eigenvalue weighted by molar-refractivity contribution is 5.75. The number of rotatable bonds is 5. The zero-order valence-electron chi connectivity index (χ0n) is 13.8. The monoisotopic (exact) mass is 318 g/mol. The summed E-state index contributed by atoms with van der Waals surface area (Å²) < 4.78 is 5.24. The van der Waals surface area contributed by atoms with E-state index in [2.05, 4.69) is 30.4 Å². The molecule has 1 saturated heterocycles. The number of nitrogens with one attached hydrogen (secondary N) is 1. The Hall–Kier alpha value is -1.59. The van der Waals surface area contributed by atoms with E-state index in [0.717, 1.165) is 19.3 Å². The standard InChI is InChI=1S/C18H26N2O3/c1-18(12-23-13-18)11-19-17(22)20(9-10-21)16-8-4-6-14-5-2-3-7-15(14)16/h2-3,5,7,16,21H,4,6,8-13H2,1H3,(H,19,22). The van der Waals surface area contributed by atoms with Crippen LogP contribution >= 0.6 is 0 Å². The molecule has 2 amide bonds. The molecule has 3 rings (SSSR count). The molecule has 0 saturated carbocycles. The van der Waals surface area contributed by atoms with Gasteiger partial charge in [0.2, 0.25) is 0 Å². The van der Waals surface area contributed by atoms with Crippen molar-refractivity contribution in [3.63, 3.8) is 0 Å². The number of amides is 2. The van der Waals surface area contributed by atoms with E-state index >= 15 is 0 Å². The van der Waals surface area contributed by atoms with E-state index in [1.54, 1.807) is 4.90 Å². The van der Waals surface area contributed by atoms with Gasteiger partial charge in [-0.15, -0.1) is 0 Å². The topological polar surface area (TPSA) is 61.8 Å². The maximum atomic E-state index is 12.7. The molecule has 1 aromatic rings. The van der Waals surface area contributed by atoms with Crippen LogP contribution < -0.4 is 5.32 Å². The lowest BCUT2D eigenvalue weighted by Crippen LogP contribution is -2.52. The molecule has 1 unspecified atom stereocenters. The van der Waals surface area contributed by atoms with Crippen molar-refractivity contribution in [2.45, 2.75) is 32.2 Å². The van der Waals surface area contributed by atoms with Crippen molar-refractivity contribution >= 4 is 6.03 Å². The minimum atomic E-state index is -0.0890. The molecule has 1 fully saturated rings. The molecule has 1 heterocycles. The number of urea groups is 1. The van der Waals surface area contributed by atoms with Crippen LogP contribution in [0.4, 0.5) is 4.79 Å². The predicted octanol–water partition coefficient (Wildman–Crippen LogP) is 2.10. The smallest absolute Gasteiger partial charge is 0.318 e. The lowest BCUT2D eigenvalue weighted by Gasteiger charge is -2.40. The summed E-state index contributed by atoms with van der Waals surface area (Å²) in [4.78, 5) is 14.5. The number of hydrogen-bond acceptors (Lipinski definition) is 3. The molecule has 1 aromatic carbocycles. The molecule has 1 atom stereocenters. The van der Waals surface area contributed by atoms with Gasteiger partial charge in [0, 0.05) is 18.5 Å². The Morgan fingerprint density at radius 3 is 2.91 bits per heavy atom. The third kappa shape index (κ3) is 3.51. The first-order valence-corrected chi connectivity index (χ1v) is 8.44. The molecule has 0 spiro atoms. The highest BCUT2D eigenvalue weighted by atomic mass is 16.5. The second-order valence-corrected chi connectivity index (χ2v) is 6.99. The number of hydrogen-bond donors (Lipinski definition) is 2.